The van der Waals surface area contributed by atoms with Gasteiger partial charge in [-0.05, 0) is 25.0 Å². The van der Waals surface area contributed by atoms with Crippen LogP contribution in [0.2, 0.25) is 0 Å². The predicted molar refractivity (Wildman–Crippen MR) is 63.5 cm³/mol. The number of aromatic nitrogens is 1. The molecule has 1 aliphatic rings. The molecule has 4 nitrogen and oxygen atoms in total. The quantitative estimate of drug-likeness (QED) is 0.752. The zero-order chi connectivity index (χ0) is 10.8. The van der Waals surface area contributed by atoms with Gasteiger partial charge in [0.2, 0.25) is 0 Å². The van der Waals surface area contributed by atoms with Crippen LogP contribution in [-0.2, 0) is 0 Å². The van der Waals surface area contributed by atoms with Gasteiger partial charge in [0, 0.05) is 19.1 Å². The van der Waals surface area contributed by atoms with Crippen molar-refractivity contribution in [3.8, 4) is 0 Å². The van der Waals surface area contributed by atoms with Gasteiger partial charge >= 0.3 is 0 Å². The molecule has 4 heteroatoms. The van der Waals surface area contributed by atoms with Gasteiger partial charge in [-0.1, -0.05) is 12.1 Å². The number of para-hydroxylation sites is 2. The number of nitrogens with one attached hydrogen (secondary N) is 2. The minimum Gasteiger partial charge on any atom is -0.424 e. The van der Waals surface area contributed by atoms with Crippen molar-refractivity contribution < 1.29 is 4.42 Å². The summed E-state index contributed by atoms with van der Waals surface area (Å²) in [6.45, 7) is 1.81. The van der Waals surface area contributed by atoms with Gasteiger partial charge in [-0.3, -0.25) is 0 Å². The number of fused-ring (bicyclic) bond motifs is 1. The Balaban J connectivity index is 1.56. The van der Waals surface area contributed by atoms with Crippen LogP contribution in [0.15, 0.2) is 28.7 Å². The van der Waals surface area contributed by atoms with Crippen LogP contribution in [0, 0.1) is 0 Å². The lowest BCUT2D eigenvalue weighted by atomic mass is 10.3. The monoisotopic (exact) mass is 217 g/mol. The number of nitrogens with zero attached hydrogens (tertiary/aromatic N) is 1. The summed E-state index contributed by atoms with van der Waals surface area (Å²) in [5.41, 5.74) is 1.74. The Morgan fingerprint density at radius 2 is 2.12 bits per heavy atom. The summed E-state index contributed by atoms with van der Waals surface area (Å²) >= 11 is 0. The second kappa shape index (κ2) is 4.14. The van der Waals surface area contributed by atoms with Crippen LogP contribution in [0.1, 0.15) is 12.8 Å². The van der Waals surface area contributed by atoms with E-state index in [1.54, 1.807) is 0 Å². The SMILES string of the molecule is c1ccc2oc(NCCNC3CC3)nc2c1. The average Bonchev–Trinajstić information content (AvgIpc) is 3.03. The minimum absolute atomic E-state index is 0.610. The van der Waals surface area contributed by atoms with Crippen LogP contribution in [-0.4, -0.2) is 24.1 Å². The van der Waals surface area contributed by atoms with Crippen molar-refractivity contribution in [3.05, 3.63) is 24.3 Å². The Morgan fingerprint density at radius 1 is 1.25 bits per heavy atom. The zero-order valence-corrected chi connectivity index (χ0v) is 9.07. The van der Waals surface area contributed by atoms with Crippen molar-refractivity contribution in [1.29, 1.82) is 0 Å². The van der Waals surface area contributed by atoms with Gasteiger partial charge in [0.25, 0.3) is 6.01 Å². The van der Waals surface area contributed by atoms with Crippen molar-refractivity contribution in [3.63, 3.8) is 0 Å². The Morgan fingerprint density at radius 3 is 2.94 bits per heavy atom. The third-order valence-electron chi connectivity index (χ3n) is 2.71. The van der Waals surface area contributed by atoms with Gasteiger partial charge in [0.05, 0.1) is 0 Å². The Hall–Kier alpha value is -1.55. The lowest BCUT2D eigenvalue weighted by Crippen LogP contribution is -2.23. The Labute approximate surface area is 94.0 Å². The standard InChI is InChI=1S/C12H15N3O/c1-2-4-11-10(3-1)15-12(16-11)14-8-7-13-9-5-6-9/h1-4,9,13H,5-8H2,(H,14,15). The van der Waals surface area contributed by atoms with E-state index in [2.05, 4.69) is 15.6 Å². The molecular formula is C12H15N3O. The summed E-state index contributed by atoms with van der Waals surface area (Å²) in [5, 5.41) is 6.61. The second-order valence-corrected chi connectivity index (χ2v) is 4.14. The minimum atomic E-state index is 0.610. The summed E-state index contributed by atoms with van der Waals surface area (Å²) < 4.78 is 5.54. The zero-order valence-electron chi connectivity index (χ0n) is 9.07. The van der Waals surface area contributed by atoms with E-state index in [0.717, 1.165) is 30.2 Å². The molecule has 2 N–H and O–H groups in total. The predicted octanol–water partition coefficient (Wildman–Crippen LogP) is 1.99. The number of anilines is 1. The molecule has 0 unspecified atom stereocenters. The van der Waals surface area contributed by atoms with Crippen molar-refractivity contribution in [2.45, 2.75) is 18.9 Å². The smallest absolute Gasteiger partial charge is 0.295 e. The maximum atomic E-state index is 5.54. The van der Waals surface area contributed by atoms with Crippen LogP contribution in [0.25, 0.3) is 11.1 Å². The third kappa shape index (κ3) is 2.17. The maximum absolute atomic E-state index is 5.54. The van der Waals surface area contributed by atoms with E-state index in [1.807, 2.05) is 24.3 Å². The molecular weight excluding hydrogens is 202 g/mol. The highest BCUT2D eigenvalue weighted by atomic mass is 16.4. The molecule has 1 aromatic heterocycles. The molecule has 16 heavy (non-hydrogen) atoms. The van der Waals surface area contributed by atoms with E-state index in [1.165, 1.54) is 12.8 Å². The van der Waals surface area contributed by atoms with Crippen LogP contribution >= 0.6 is 0 Å². The van der Waals surface area contributed by atoms with Crippen molar-refractivity contribution in [2.24, 2.45) is 0 Å². The first-order valence-electron chi connectivity index (χ1n) is 5.75. The molecule has 0 aliphatic heterocycles. The lowest BCUT2D eigenvalue weighted by Gasteiger charge is -2.02. The fourth-order valence-corrected chi connectivity index (χ4v) is 1.68. The Bertz CT molecular complexity index is 443. The highest BCUT2D eigenvalue weighted by Gasteiger charge is 2.19. The van der Waals surface area contributed by atoms with Crippen LogP contribution in [0.4, 0.5) is 6.01 Å². The fraction of sp³-hybridized carbons (Fsp3) is 0.417. The maximum Gasteiger partial charge on any atom is 0.295 e. The molecule has 0 saturated heterocycles. The molecule has 3 rings (SSSR count). The third-order valence-corrected chi connectivity index (χ3v) is 2.71. The largest absolute Gasteiger partial charge is 0.424 e. The lowest BCUT2D eigenvalue weighted by molar-refractivity contribution is 0.608. The molecule has 0 bridgehead atoms. The molecule has 84 valence electrons. The molecule has 1 heterocycles. The van der Waals surface area contributed by atoms with Gasteiger partial charge in [0.1, 0.15) is 5.52 Å². The molecule has 1 aromatic carbocycles. The van der Waals surface area contributed by atoms with E-state index < -0.39 is 0 Å². The summed E-state index contributed by atoms with van der Waals surface area (Å²) in [5.74, 6) is 0. The normalized spacial score (nSPS) is 15.5. The van der Waals surface area contributed by atoms with Crippen molar-refractivity contribution in [2.75, 3.05) is 18.4 Å². The number of hydrogen-bond donors (Lipinski definition) is 2. The van der Waals surface area contributed by atoms with E-state index in [4.69, 9.17) is 4.42 Å². The van der Waals surface area contributed by atoms with Gasteiger partial charge in [0.15, 0.2) is 5.58 Å². The van der Waals surface area contributed by atoms with Crippen LogP contribution in [0.5, 0.6) is 0 Å². The Kier molecular flexibility index (Phi) is 2.50. The van der Waals surface area contributed by atoms with E-state index in [0.29, 0.717) is 6.01 Å². The molecule has 2 aromatic rings. The highest BCUT2D eigenvalue weighted by molar-refractivity contribution is 5.74. The first-order chi connectivity index (χ1) is 7.92. The molecule has 0 atom stereocenters. The first kappa shape index (κ1) is 9.66. The molecule has 0 spiro atoms. The number of oxazole rings is 1. The van der Waals surface area contributed by atoms with Crippen LogP contribution < -0.4 is 10.6 Å². The fourth-order valence-electron chi connectivity index (χ4n) is 1.68. The summed E-state index contributed by atoms with van der Waals surface area (Å²) in [7, 11) is 0. The van der Waals surface area contributed by atoms with Crippen LogP contribution in [0.3, 0.4) is 0 Å². The molecule has 1 saturated carbocycles. The molecule has 0 radical (unpaired) electrons. The summed E-state index contributed by atoms with van der Waals surface area (Å²) in [6.07, 6.45) is 2.64. The summed E-state index contributed by atoms with van der Waals surface area (Å²) in [6, 6.07) is 9.15. The van der Waals surface area contributed by atoms with E-state index in [9.17, 15) is 0 Å². The van der Waals surface area contributed by atoms with Gasteiger partial charge in [-0.2, -0.15) is 4.98 Å². The highest BCUT2D eigenvalue weighted by Crippen LogP contribution is 2.19. The molecule has 1 aliphatic carbocycles. The first-order valence-corrected chi connectivity index (χ1v) is 5.75. The van der Waals surface area contributed by atoms with E-state index >= 15 is 0 Å². The topological polar surface area (TPSA) is 50.1 Å². The summed E-state index contributed by atoms with van der Waals surface area (Å²) in [4.78, 5) is 4.34. The van der Waals surface area contributed by atoms with Gasteiger partial charge < -0.3 is 15.1 Å². The van der Waals surface area contributed by atoms with E-state index in [-0.39, 0.29) is 0 Å². The average molecular weight is 217 g/mol. The van der Waals surface area contributed by atoms with Gasteiger partial charge in [-0.25, -0.2) is 0 Å². The van der Waals surface area contributed by atoms with Gasteiger partial charge in [-0.15, -0.1) is 0 Å². The second-order valence-electron chi connectivity index (χ2n) is 4.14. The molecule has 1 fully saturated rings. The van der Waals surface area contributed by atoms with Crippen molar-refractivity contribution >= 4 is 17.1 Å². The number of rotatable bonds is 5. The molecule has 0 amide bonds. The van der Waals surface area contributed by atoms with Crippen molar-refractivity contribution in [1.82, 2.24) is 10.3 Å². The number of benzene rings is 1. The number of hydrogen-bond acceptors (Lipinski definition) is 4.